The molecule has 28 heavy (non-hydrogen) atoms. The van der Waals surface area contributed by atoms with Gasteiger partial charge in [0.15, 0.2) is 11.5 Å². The number of aromatic nitrogens is 2. The number of hydrogen-bond donors (Lipinski definition) is 0. The van der Waals surface area contributed by atoms with E-state index in [1.807, 2.05) is 4.90 Å². The average Bonchev–Trinajstić information content (AvgIpc) is 3.20. The molecule has 2 aromatic rings. The van der Waals surface area contributed by atoms with Crippen LogP contribution in [0.15, 0.2) is 24.3 Å². The monoisotopic (exact) mass is 390 g/mol. The summed E-state index contributed by atoms with van der Waals surface area (Å²) < 4.78 is 37.6. The Hall–Kier alpha value is -2.48. The number of alkyl halides is 2. The third-order valence-electron chi connectivity index (χ3n) is 5.51. The Labute approximate surface area is 163 Å². The summed E-state index contributed by atoms with van der Waals surface area (Å²) in [5.74, 6) is 1.47. The standard InChI is InChI=1S/C20H24F2N4O2/c1-27-17-6-5-13(10-18(17)28-2)15-11-16(19(21)22)24-20(23-15)26-9-8-25-7-3-4-14(25)12-26/h5-6,10-11,14,19H,3-4,7-9,12H2,1-2H3/t14-/m0/s1. The van der Waals surface area contributed by atoms with Gasteiger partial charge in [-0.25, -0.2) is 18.7 Å². The number of methoxy groups -OCH3 is 2. The quantitative estimate of drug-likeness (QED) is 0.780. The first-order valence-electron chi connectivity index (χ1n) is 9.47. The van der Waals surface area contributed by atoms with Gasteiger partial charge in [-0.05, 0) is 43.7 Å². The van der Waals surface area contributed by atoms with Crippen LogP contribution >= 0.6 is 0 Å². The fourth-order valence-corrected chi connectivity index (χ4v) is 4.02. The highest BCUT2D eigenvalue weighted by Crippen LogP contribution is 2.34. The molecule has 0 N–H and O–H groups in total. The summed E-state index contributed by atoms with van der Waals surface area (Å²) in [5.41, 5.74) is 0.876. The smallest absolute Gasteiger partial charge is 0.280 e. The molecule has 2 fully saturated rings. The van der Waals surface area contributed by atoms with E-state index in [0.717, 1.165) is 32.6 Å². The number of piperazine rings is 1. The Balaban J connectivity index is 1.70. The molecule has 6 nitrogen and oxygen atoms in total. The first-order valence-corrected chi connectivity index (χ1v) is 9.47. The lowest BCUT2D eigenvalue weighted by Crippen LogP contribution is -2.50. The lowest BCUT2D eigenvalue weighted by molar-refractivity contribution is 0.146. The highest BCUT2D eigenvalue weighted by molar-refractivity contribution is 5.65. The van der Waals surface area contributed by atoms with Gasteiger partial charge in [-0.15, -0.1) is 0 Å². The molecular weight excluding hydrogens is 366 g/mol. The first-order chi connectivity index (χ1) is 13.6. The zero-order chi connectivity index (χ0) is 19.7. The van der Waals surface area contributed by atoms with E-state index < -0.39 is 6.43 Å². The van der Waals surface area contributed by atoms with Crippen LogP contribution in [0, 0.1) is 0 Å². The summed E-state index contributed by atoms with van der Waals surface area (Å²) in [5, 5.41) is 0. The molecular formula is C20H24F2N4O2. The fraction of sp³-hybridized carbons (Fsp3) is 0.500. The molecule has 0 unspecified atom stereocenters. The van der Waals surface area contributed by atoms with Crippen molar-refractivity contribution in [1.82, 2.24) is 14.9 Å². The van der Waals surface area contributed by atoms with Gasteiger partial charge in [0.1, 0.15) is 5.69 Å². The van der Waals surface area contributed by atoms with Crippen molar-refractivity contribution in [3.8, 4) is 22.8 Å². The second kappa shape index (κ2) is 7.87. The molecule has 2 saturated heterocycles. The number of halogens is 2. The number of nitrogens with zero attached hydrogens (tertiary/aromatic N) is 4. The van der Waals surface area contributed by atoms with Gasteiger partial charge < -0.3 is 14.4 Å². The largest absolute Gasteiger partial charge is 0.493 e. The highest BCUT2D eigenvalue weighted by atomic mass is 19.3. The molecule has 8 heteroatoms. The summed E-state index contributed by atoms with van der Waals surface area (Å²) in [6.45, 7) is 3.55. The van der Waals surface area contributed by atoms with Gasteiger partial charge in [0.2, 0.25) is 5.95 Å². The summed E-state index contributed by atoms with van der Waals surface area (Å²) >= 11 is 0. The van der Waals surface area contributed by atoms with Crippen molar-refractivity contribution in [2.24, 2.45) is 0 Å². The molecule has 1 aromatic heterocycles. The van der Waals surface area contributed by atoms with E-state index >= 15 is 0 Å². The molecule has 0 aliphatic carbocycles. The number of ether oxygens (including phenoxy) is 2. The minimum Gasteiger partial charge on any atom is -0.493 e. The molecule has 0 amide bonds. The van der Waals surface area contributed by atoms with Gasteiger partial charge in [0.05, 0.1) is 19.9 Å². The SMILES string of the molecule is COc1ccc(-c2cc(C(F)F)nc(N3CCN4CCC[C@H]4C3)n2)cc1OC. The van der Waals surface area contributed by atoms with Crippen LogP contribution in [0.25, 0.3) is 11.3 Å². The number of hydrogen-bond acceptors (Lipinski definition) is 6. The normalized spacial score (nSPS) is 19.8. The van der Waals surface area contributed by atoms with Gasteiger partial charge in [0.25, 0.3) is 6.43 Å². The van der Waals surface area contributed by atoms with E-state index in [0.29, 0.717) is 34.7 Å². The average molecular weight is 390 g/mol. The van der Waals surface area contributed by atoms with E-state index in [1.54, 1.807) is 32.4 Å². The van der Waals surface area contributed by atoms with Gasteiger partial charge in [-0.3, -0.25) is 4.90 Å². The Morgan fingerprint density at radius 2 is 1.86 bits per heavy atom. The molecule has 150 valence electrons. The van der Waals surface area contributed by atoms with Gasteiger partial charge in [0, 0.05) is 31.2 Å². The Kier molecular flexibility index (Phi) is 5.30. The minimum atomic E-state index is -2.66. The van der Waals surface area contributed by atoms with Crippen molar-refractivity contribution < 1.29 is 18.3 Å². The van der Waals surface area contributed by atoms with E-state index in [1.165, 1.54) is 12.5 Å². The van der Waals surface area contributed by atoms with Gasteiger partial charge in [-0.2, -0.15) is 0 Å². The number of fused-ring (bicyclic) bond motifs is 1. The van der Waals surface area contributed by atoms with Crippen LogP contribution in [0.2, 0.25) is 0 Å². The molecule has 2 aliphatic heterocycles. The summed E-state index contributed by atoms with van der Waals surface area (Å²) in [4.78, 5) is 13.3. The summed E-state index contributed by atoms with van der Waals surface area (Å²) in [7, 11) is 3.09. The summed E-state index contributed by atoms with van der Waals surface area (Å²) in [6.07, 6.45) is -0.339. The Morgan fingerprint density at radius 1 is 1.04 bits per heavy atom. The van der Waals surface area contributed by atoms with Gasteiger partial charge >= 0.3 is 0 Å². The van der Waals surface area contributed by atoms with E-state index in [9.17, 15) is 8.78 Å². The van der Waals surface area contributed by atoms with Crippen molar-refractivity contribution >= 4 is 5.95 Å². The molecule has 0 saturated carbocycles. The van der Waals surface area contributed by atoms with Crippen molar-refractivity contribution in [2.45, 2.75) is 25.3 Å². The predicted octanol–water partition coefficient (Wildman–Crippen LogP) is 3.38. The predicted molar refractivity (Wildman–Crippen MR) is 102 cm³/mol. The summed E-state index contributed by atoms with van der Waals surface area (Å²) in [6, 6.07) is 7.08. The topological polar surface area (TPSA) is 50.7 Å². The third-order valence-corrected chi connectivity index (χ3v) is 5.51. The maximum absolute atomic E-state index is 13.5. The number of rotatable bonds is 5. The van der Waals surface area contributed by atoms with E-state index in [-0.39, 0.29) is 5.69 Å². The Bertz CT molecular complexity index is 849. The molecule has 0 spiro atoms. The van der Waals surface area contributed by atoms with Crippen molar-refractivity contribution in [1.29, 1.82) is 0 Å². The van der Waals surface area contributed by atoms with Crippen LogP contribution in [0.5, 0.6) is 11.5 Å². The second-order valence-corrected chi connectivity index (χ2v) is 7.13. The van der Waals surface area contributed by atoms with Crippen LogP contribution < -0.4 is 14.4 Å². The van der Waals surface area contributed by atoms with Crippen LogP contribution in [-0.4, -0.2) is 61.3 Å². The van der Waals surface area contributed by atoms with Crippen molar-refractivity contribution in [2.75, 3.05) is 45.3 Å². The maximum atomic E-state index is 13.5. The fourth-order valence-electron chi connectivity index (χ4n) is 4.02. The van der Waals surface area contributed by atoms with Crippen LogP contribution in [-0.2, 0) is 0 Å². The molecule has 4 rings (SSSR count). The van der Waals surface area contributed by atoms with Gasteiger partial charge in [-0.1, -0.05) is 0 Å². The minimum absolute atomic E-state index is 0.261. The molecule has 2 aliphatic rings. The van der Waals surface area contributed by atoms with E-state index in [2.05, 4.69) is 14.9 Å². The molecule has 1 atom stereocenters. The van der Waals surface area contributed by atoms with Crippen molar-refractivity contribution in [3.63, 3.8) is 0 Å². The highest BCUT2D eigenvalue weighted by Gasteiger charge is 2.32. The van der Waals surface area contributed by atoms with Crippen LogP contribution in [0.4, 0.5) is 14.7 Å². The lowest BCUT2D eigenvalue weighted by atomic mass is 10.1. The van der Waals surface area contributed by atoms with Crippen LogP contribution in [0.3, 0.4) is 0 Å². The molecule has 0 radical (unpaired) electrons. The zero-order valence-corrected chi connectivity index (χ0v) is 16.1. The number of benzene rings is 1. The maximum Gasteiger partial charge on any atom is 0.280 e. The second-order valence-electron chi connectivity index (χ2n) is 7.13. The van der Waals surface area contributed by atoms with Crippen LogP contribution in [0.1, 0.15) is 25.0 Å². The van der Waals surface area contributed by atoms with E-state index in [4.69, 9.17) is 9.47 Å². The van der Waals surface area contributed by atoms with Crippen molar-refractivity contribution in [3.05, 3.63) is 30.0 Å². The molecule has 3 heterocycles. The number of anilines is 1. The zero-order valence-electron chi connectivity index (χ0n) is 16.1. The first kappa shape index (κ1) is 18.9. The Morgan fingerprint density at radius 3 is 2.61 bits per heavy atom. The lowest BCUT2D eigenvalue weighted by Gasteiger charge is -2.37. The third kappa shape index (κ3) is 3.61. The molecule has 0 bridgehead atoms. The molecule has 1 aromatic carbocycles.